The molecule has 1 N–H and O–H groups in total. The van der Waals surface area contributed by atoms with Crippen molar-refractivity contribution in [3.8, 4) is 0 Å². The van der Waals surface area contributed by atoms with E-state index in [1.165, 1.54) is 18.2 Å². The van der Waals surface area contributed by atoms with Gasteiger partial charge in [-0.1, -0.05) is 6.92 Å². The zero-order chi connectivity index (χ0) is 11.7. The molecule has 0 heterocycles. The van der Waals surface area contributed by atoms with Crippen LogP contribution in [0.25, 0.3) is 0 Å². The molecule has 0 aliphatic heterocycles. The van der Waals surface area contributed by atoms with Gasteiger partial charge in [0.2, 0.25) is 0 Å². The van der Waals surface area contributed by atoms with E-state index in [1.807, 2.05) is 7.05 Å². The molecule has 1 aromatic rings. The van der Waals surface area contributed by atoms with E-state index >= 15 is 0 Å². The highest BCUT2D eigenvalue weighted by Crippen LogP contribution is 2.40. The quantitative estimate of drug-likeness (QED) is 0.815. The van der Waals surface area contributed by atoms with Crippen molar-refractivity contribution in [2.45, 2.75) is 31.7 Å². The van der Waals surface area contributed by atoms with E-state index in [1.54, 1.807) is 0 Å². The second-order valence-electron chi connectivity index (χ2n) is 4.60. The Hall–Kier alpha value is -0.960. The van der Waals surface area contributed by atoms with Gasteiger partial charge < -0.3 is 5.32 Å². The molecular weight excluding hydrogens is 208 g/mol. The van der Waals surface area contributed by atoms with Gasteiger partial charge in [0.05, 0.1) is 0 Å². The molecule has 0 radical (unpaired) electrons. The molecule has 1 aliphatic carbocycles. The Morgan fingerprint density at radius 2 is 2.00 bits per heavy atom. The number of hydrogen-bond donors (Lipinski definition) is 1. The van der Waals surface area contributed by atoms with Gasteiger partial charge in [-0.2, -0.15) is 0 Å². The minimum Gasteiger partial charge on any atom is -0.317 e. The van der Waals surface area contributed by atoms with Crippen molar-refractivity contribution >= 4 is 0 Å². The lowest BCUT2D eigenvalue weighted by atomic mass is 9.88. The van der Waals surface area contributed by atoms with E-state index in [9.17, 15) is 8.78 Å². The maximum atomic E-state index is 13.6. The minimum absolute atomic E-state index is 0.133. The lowest BCUT2D eigenvalue weighted by molar-refractivity contribution is 0.419. The summed E-state index contributed by atoms with van der Waals surface area (Å²) in [5.74, 6) is -0.152. The highest BCUT2D eigenvalue weighted by atomic mass is 19.1. The molecule has 0 bridgehead atoms. The van der Waals surface area contributed by atoms with Crippen molar-refractivity contribution in [2.75, 3.05) is 7.05 Å². The summed E-state index contributed by atoms with van der Waals surface area (Å²) < 4.78 is 26.8. The average molecular weight is 225 g/mol. The topological polar surface area (TPSA) is 12.0 Å². The maximum Gasteiger partial charge on any atom is 0.126 e. The first-order chi connectivity index (χ1) is 7.63. The number of nitrogens with one attached hydrogen (secondary N) is 1. The van der Waals surface area contributed by atoms with Gasteiger partial charge in [-0.05, 0) is 55.5 Å². The standard InChI is InChI=1S/C13H17F2N/c1-8-10(4-6-13(8)16-2)11-7-9(14)3-5-12(11)15/h3,5,7-8,10,13,16H,4,6H2,1-2H3. The molecule has 3 unspecified atom stereocenters. The predicted octanol–water partition coefficient (Wildman–Crippen LogP) is 3.07. The van der Waals surface area contributed by atoms with Crippen LogP contribution < -0.4 is 5.32 Å². The number of benzene rings is 1. The molecule has 1 aromatic carbocycles. The molecular formula is C13H17F2N. The predicted molar refractivity (Wildman–Crippen MR) is 60.3 cm³/mol. The molecule has 88 valence electrons. The third-order valence-corrected chi connectivity index (χ3v) is 3.79. The first kappa shape index (κ1) is 11.5. The summed E-state index contributed by atoms with van der Waals surface area (Å²) in [6, 6.07) is 4.15. The molecule has 1 saturated carbocycles. The van der Waals surface area contributed by atoms with E-state index in [2.05, 4.69) is 12.2 Å². The molecule has 1 aliphatic rings. The van der Waals surface area contributed by atoms with Crippen LogP contribution in [0, 0.1) is 17.6 Å². The third kappa shape index (κ3) is 1.96. The van der Waals surface area contributed by atoms with Gasteiger partial charge in [0, 0.05) is 6.04 Å². The number of halogens is 2. The normalized spacial score (nSPS) is 29.6. The van der Waals surface area contributed by atoms with E-state index < -0.39 is 0 Å². The second-order valence-corrected chi connectivity index (χ2v) is 4.60. The van der Waals surface area contributed by atoms with Crippen molar-refractivity contribution in [1.29, 1.82) is 0 Å². The lowest BCUT2D eigenvalue weighted by Crippen LogP contribution is -2.29. The van der Waals surface area contributed by atoms with Crippen LogP contribution in [0.2, 0.25) is 0 Å². The Kier molecular flexibility index (Phi) is 3.24. The molecule has 3 atom stereocenters. The summed E-state index contributed by atoms with van der Waals surface area (Å²) in [4.78, 5) is 0. The first-order valence-corrected chi connectivity index (χ1v) is 5.75. The fraction of sp³-hybridized carbons (Fsp3) is 0.538. The highest BCUT2D eigenvalue weighted by molar-refractivity contribution is 5.25. The molecule has 3 heteroatoms. The monoisotopic (exact) mass is 225 g/mol. The Morgan fingerprint density at radius 3 is 2.62 bits per heavy atom. The van der Waals surface area contributed by atoms with Crippen molar-refractivity contribution in [1.82, 2.24) is 5.32 Å². The number of rotatable bonds is 2. The zero-order valence-electron chi connectivity index (χ0n) is 9.63. The van der Waals surface area contributed by atoms with Crippen LogP contribution in [-0.2, 0) is 0 Å². The Labute approximate surface area is 94.9 Å². The van der Waals surface area contributed by atoms with Crippen LogP contribution in [0.3, 0.4) is 0 Å². The minimum atomic E-state index is -0.350. The fourth-order valence-corrected chi connectivity index (χ4v) is 2.81. The van der Waals surface area contributed by atoms with E-state index in [-0.39, 0.29) is 17.6 Å². The Balaban J connectivity index is 2.28. The van der Waals surface area contributed by atoms with Crippen LogP contribution in [-0.4, -0.2) is 13.1 Å². The van der Waals surface area contributed by atoms with Gasteiger partial charge in [0.1, 0.15) is 11.6 Å². The molecule has 0 amide bonds. The van der Waals surface area contributed by atoms with Gasteiger partial charge in [-0.3, -0.25) is 0 Å². The Bertz CT molecular complexity index is 378. The van der Waals surface area contributed by atoms with E-state index in [0.29, 0.717) is 17.5 Å². The number of hydrogen-bond acceptors (Lipinski definition) is 1. The lowest BCUT2D eigenvalue weighted by Gasteiger charge is -2.21. The summed E-state index contributed by atoms with van der Waals surface area (Å²) in [5, 5.41) is 3.23. The van der Waals surface area contributed by atoms with Gasteiger partial charge in [0.15, 0.2) is 0 Å². The molecule has 16 heavy (non-hydrogen) atoms. The zero-order valence-corrected chi connectivity index (χ0v) is 9.63. The molecule has 0 aromatic heterocycles. The van der Waals surface area contributed by atoms with Crippen LogP contribution >= 0.6 is 0 Å². The van der Waals surface area contributed by atoms with Crippen molar-refractivity contribution in [2.24, 2.45) is 5.92 Å². The highest BCUT2D eigenvalue weighted by Gasteiger charge is 2.34. The Morgan fingerprint density at radius 1 is 1.25 bits per heavy atom. The molecule has 1 fully saturated rings. The third-order valence-electron chi connectivity index (χ3n) is 3.79. The van der Waals surface area contributed by atoms with Gasteiger partial charge in [-0.25, -0.2) is 8.78 Å². The van der Waals surface area contributed by atoms with Crippen molar-refractivity contribution in [3.63, 3.8) is 0 Å². The van der Waals surface area contributed by atoms with Crippen LogP contribution in [0.4, 0.5) is 8.78 Å². The summed E-state index contributed by atoms with van der Waals surface area (Å²) in [5.41, 5.74) is 0.533. The summed E-state index contributed by atoms with van der Waals surface area (Å²) in [6.07, 6.45) is 1.95. The largest absolute Gasteiger partial charge is 0.317 e. The molecule has 1 nitrogen and oxygen atoms in total. The average Bonchev–Trinajstić information content (AvgIpc) is 2.63. The maximum absolute atomic E-state index is 13.6. The smallest absolute Gasteiger partial charge is 0.126 e. The second kappa shape index (κ2) is 4.50. The van der Waals surface area contributed by atoms with Crippen LogP contribution in [0.1, 0.15) is 31.2 Å². The summed E-state index contributed by atoms with van der Waals surface area (Å²) in [6.45, 7) is 2.10. The van der Waals surface area contributed by atoms with E-state index in [4.69, 9.17) is 0 Å². The van der Waals surface area contributed by atoms with Gasteiger partial charge >= 0.3 is 0 Å². The molecule has 2 rings (SSSR count). The fourth-order valence-electron chi connectivity index (χ4n) is 2.81. The summed E-state index contributed by atoms with van der Waals surface area (Å²) in [7, 11) is 1.92. The SMILES string of the molecule is CNC1CCC(c2cc(F)ccc2F)C1C. The van der Waals surface area contributed by atoms with Crippen LogP contribution in [0.5, 0.6) is 0 Å². The van der Waals surface area contributed by atoms with Crippen LogP contribution in [0.15, 0.2) is 18.2 Å². The van der Waals surface area contributed by atoms with Crippen molar-refractivity contribution < 1.29 is 8.78 Å². The van der Waals surface area contributed by atoms with Gasteiger partial charge in [-0.15, -0.1) is 0 Å². The first-order valence-electron chi connectivity index (χ1n) is 5.75. The summed E-state index contributed by atoms with van der Waals surface area (Å²) >= 11 is 0. The van der Waals surface area contributed by atoms with Gasteiger partial charge in [0.25, 0.3) is 0 Å². The molecule has 0 saturated heterocycles. The molecule has 0 spiro atoms. The van der Waals surface area contributed by atoms with Crippen molar-refractivity contribution in [3.05, 3.63) is 35.4 Å². The van der Waals surface area contributed by atoms with E-state index in [0.717, 1.165) is 12.8 Å².